The van der Waals surface area contributed by atoms with Crippen molar-refractivity contribution >= 4 is 23.3 Å². The van der Waals surface area contributed by atoms with Gasteiger partial charge in [-0.3, -0.25) is 9.78 Å². The molecular weight excluding hydrogens is 240 g/mol. The Bertz CT molecular complexity index is 501. The SMILES string of the molecule is O=C(Cc1cccnc1)Nc1ccc(Cl)nn1. The molecule has 2 heterocycles. The van der Waals surface area contributed by atoms with Crippen LogP contribution in [0.5, 0.6) is 0 Å². The molecular formula is C11H9ClN4O. The number of nitrogens with zero attached hydrogens (tertiary/aromatic N) is 3. The number of aromatic nitrogens is 3. The van der Waals surface area contributed by atoms with Crippen molar-refractivity contribution in [3.05, 3.63) is 47.4 Å². The van der Waals surface area contributed by atoms with Gasteiger partial charge in [-0.05, 0) is 23.8 Å². The Kier molecular flexibility index (Phi) is 3.62. The van der Waals surface area contributed by atoms with Crippen LogP contribution in [0.1, 0.15) is 5.56 Å². The maximum atomic E-state index is 11.6. The van der Waals surface area contributed by atoms with Crippen LogP contribution in [-0.2, 0) is 11.2 Å². The monoisotopic (exact) mass is 248 g/mol. The van der Waals surface area contributed by atoms with Gasteiger partial charge in [0, 0.05) is 12.4 Å². The molecule has 0 atom stereocenters. The molecule has 0 unspecified atom stereocenters. The molecule has 86 valence electrons. The first-order valence-corrected chi connectivity index (χ1v) is 5.30. The van der Waals surface area contributed by atoms with Gasteiger partial charge in [-0.25, -0.2) is 0 Å². The molecule has 2 rings (SSSR count). The maximum absolute atomic E-state index is 11.6. The van der Waals surface area contributed by atoms with Gasteiger partial charge in [-0.15, -0.1) is 10.2 Å². The lowest BCUT2D eigenvalue weighted by molar-refractivity contribution is -0.115. The number of carbonyl (C=O) groups is 1. The van der Waals surface area contributed by atoms with Gasteiger partial charge in [0.2, 0.25) is 5.91 Å². The summed E-state index contributed by atoms with van der Waals surface area (Å²) in [5, 5.41) is 10.3. The highest BCUT2D eigenvalue weighted by atomic mass is 35.5. The van der Waals surface area contributed by atoms with Crippen LogP contribution in [0.15, 0.2) is 36.7 Å². The fraction of sp³-hybridized carbons (Fsp3) is 0.0909. The normalized spacial score (nSPS) is 9.94. The lowest BCUT2D eigenvalue weighted by Gasteiger charge is -2.03. The third kappa shape index (κ3) is 3.49. The third-order valence-corrected chi connectivity index (χ3v) is 2.19. The number of hydrogen-bond acceptors (Lipinski definition) is 4. The summed E-state index contributed by atoms with van der Waals surface area (Å²) in [5.41, 5.74) is 0.840. The topological polar surface area (TPSA) is 67.8 Å². The molecule has 0 aromatic carbocycles. The van der Waals surface area contributed by atoms with Gasteiger partial charge in [0.25, 0.3) is 0 Å². The number of carbonyl (C=O) groups excluding carboxylic acids is 1. The molecule has 0 aliphatic carbocycles. The summed E-state index contributed by atoms with van der Waals surface area (Å²) >= 11 is 5.58. The van der Waals surface area contributed by atoms with E-state index < -0.39 is 0 Å². The van der Waals surface area contributed by atoms with E-state index in [0.29, 0.717) is 5.82 Å². The van der Waals surface area contributed by atoms with E-state index in [1.165, 1.54) is 0 Å². The molecule has 0 aliphatic heterocycles. The van der Waals surface area contributed by atoms with Crippen molar-refractivity contribution in [1.82, 2.24) is 15.2 Å². The standard InChI is InChI=1S/C11H9ClN4O/c12-9-3-4-10(16-15-9)14-11(17)6-8-2-1-5-13-7-8/h1-5,7H,6H2,(H,14,16,17). The van der Waals surface area contributed by atoms with Crippen LogP contribution in [0.4, 0.5) is 5.82 Å². The van der Waals surface area contributed by atoms with Gasteiger partial charge in [0.05, 0.1) is 6.42 Å². The van der Waals surface area contributed by atoms with Crippen LogP contribution in [-0.4, -0.2) is 21.1 Å². The lowest BCUT2D eigenvalue weighted by Crippen LogP contribution is -2.15. The summed E-state index contributed by atoms with van der Waals surface area (Å²) in [7, 11) is 0. The van der Waals surface area contributed by atoms with Crippen molar-refractivity contribution in [3.63, 3.8) is 0 Å². The van der Waals surface area contributed by atoms with E-state index in [1.54, 1.807) is 30.6 Å². The van der Waals surface area contributed by atoms with Crippen LogP contribution in [0.25, 0.3) is 0 Å². The molecule has 6 heteroatoms. The minimum Gasteiger partial charge on any atom is -0.309 e. The van der Waals surface area contributed by atoms with Crippen LogP contribution in [0.3, 0.4) is 0 Å². The minimum atomic E-state index is -0.172. The summed E-state index contributed by atoms with van der Waals surface area (Å²) < 4.78 is 0. The van der Waals surface area contributed by atoms with E-state index in [1.807, 2.05) is 6.07 Å². The zero-order valence-electron chi connectivity index (χ0n) is 8.80. The van der Waals surface area contributed by atoms with E-state index >= 15 is 0 Å². The zero-order valence-corrected chi connectivity index (χ0v) is 9.55. The molecule has 17 heavy (non-hydrogen) atoms. The number of nitrogens with one attached hydrogen (secondary N) is 1. The van der Waals surface area contributed by atoms with Crippen LogP contribution in [0, 0.1) is 0 Å². The second-order valence-electron chi connectivity index (χ2n) is 3.33. The van der Waals surface area contributed by atoms with Crippen molar-refractivity contribution in [2.45, 2.75) is 6.42 Å². The number of hydrogen-bond donors (Lipinski definition) is 1. The Morgan fingerprint density at radius 2 is 2.18 bits per heavy atom. The number of pyridine rings is 1. The minimum absolute atomic E-state index is 0.172. The quantitative estimate of drug-likeness (QED) is 0.898. The summed E-state index contributed by atoms with van der Waals surface area (Å²) in [6.07, 6.45) is 3.55. The van der Waals surface area contributed by atoms with Crippen molar-refractivity contribution in [2.24, 2.45) is 0 Å². The Hall–Kier alpha value is -2.01. The second kappa shape index (κ2) is 5.36. The van der Waals surface area contributed by atoms with E-state index in [-0.39, 0.29) is 17.5 Å². The molecule has 0 spiro atoms. The highest BCUT2D eigenvalue weighted by Gasteiger charge is 2.05. The number of amides is 1. The first-order chi connectivity index (χ1) is 8.24. The van der Waals surface area contributed by atoms with Gasteiger partial charge in [0.15, 0.2) is 11.0 Å². The zero-order chi connectivity index (χ0) is 12.1. The van der Waals surface area contributed by atoms with Crippen LogP contribution < -0.4 is 5.32 Å². The predicted molar refractivity (Wildman–Crippen MR) is 63.6 cm³/mol. The summed E-state index contributed by atoms with van der Waals surface area (Å²) in [6, 6.07) is 6.77. The van der Waals surface area contributed by atoms with Crippen molar-refractivity contribution < 1.29 is 4.79 Å². The Balaban J connectivity index is 1.96. The molecule has 1 amide bonds. The van der Waals surface area contributed by atoms with Crippen LogP contribution >= 0.6 is 11.6 Å². The summed E-state index contributed by atoms with van der Waals surface area (Å²) in [6.45, 7) is 0. The van der Waals surface area contributed by atoms with Crippen molar-refractivity contribution in [2.75, 3.05) is 5.32 Å². The predicted octanol–water partition coefficient (Wildman–Crippen LogP) is 1.71. The number of anilines is 1. The fourth-order valence-corrected chi connectivity index (χ4v) is 1.36. The Morgan fingerprint density at radius 3 is 2.82 bits per heavy atom. The molecule has 0 fully saturated rings. The van der Waals surface area contributed by atoms with E-state index in [4.69, 9.17) is 11.6 Å². The number of rotatable bonds is 3. The van der Waals surface area contributed by atoms with Gasteiger partial charge >= 0.3 is 0 Å². The molecule has 2 aromatic rings. The highest BCUT2D eigenvalue weighted by molar-refractivity contribution is 6.29. The Morgan fingerprint density at radius 1 is 1.29 bits per heavy atom. The van der Waals surface area contributed by atoms with Crippen molar-refractivity contribution in [3.8, 4) is 0 Å². The van der Waals surface area contributed by atoms with E-state index in [9.17, 15) is 4.79 Å². The fourth-order valence-electron chi connectivity index (χ4n) is 1.26. The first kappa shape index (κ1) is 11.5. The molecule has 0 saturated carbocycles. The smallest absolute Gasteiger partial charge is 0.230 e. The van der Waals surface area contributed by atoms with E-state index in [0.717, 1.165) is 5.56 Å². The third-order valence-electron chi connectivity index (χ3n) is 1.99. The van der Waals surface area contributed by atoms with Gasteiger partial charge in [-0.1, -0.05) is 17.7 Å². The largest absolute Gasteiger partial charge is 0.309 e. The van der Waals surface area contributed by atoms with Crippen LogP contribution in [0.2, 0.25) is 5.15 Å². The molecule has 1 N–H and O–H groups in total. The van der Waals surface area contributed by atoms with Gasteiger partial charge in [-0.2, -0.15) is 0 Å². The molecule has 5 nitrogen and oxygen atoms in total. The van der Waals surface area contributed by atoms with Gasteiger partial charge < -0.3 is 5.32 Å². The first-order valence-electron chi connectivity index (χ1n) is 4.92. The Labute approximate surface area is 103 Å². The average Bonchev–Trinajstić information content (AvgIpc) is 2.33. The summed E-state index contributed by atoms with van der Waals surface area (Å²) in [4.78, 5) is 15.6. The molecule has 0 radical (unpaired) electrons. The van der Waals surface area contributed by atoms with E-state index in [2.05, 4.69) is 20.5 Å². The average molecular weight is 249 g/mol. The van der Waals surface area contributed by atoms with Gasteiger partial charge in [0.1, 0.15) is 0 Å². The molecule has 0 saturated heterocycles. The molecule has 2 aromatic heterocycles. The maximum Gasteiger partial charge on any atom is 0.230 e. The second-order valence-corrected chi connectivity index (χ2v) is 3.71. The molecule has 0 aliphatic rings. The number of halogens is 1. The molecule has 0 bridgehead atoms. The van der Waals surface area contributed by atoms with Crippen molar-refractivity contribution in [1.29, 1.82) is 0 Å². The lowest BCUT2D eigenvalue weighted by atomic mass is 10.2. The summed E-state index contributed by atoms with van der Waals surface area (Å²) in [5.74, 6) is 0.206. The highest BCUT2D eigenvalue weighted by Crippen LogP contribution is 2.06.